The zero-order valence-corrected chi connectivity index (χ0v) is 11.6. The van der Waals surface area contributed by atoms with Crippen LogP contribution in [0.1, 0.15) is 42.1 Å². The van der Waals surface area contributed by atoms with Crippen LogP contribution in [0, 0.1) is 13.8 Å². The topological polar surface area (TPSA) is 42.6 Å². The van der Waals surface area contributed by atoms with Gasteiger partial charge in [-0.3, -0.25) is 0 Å². The van der Waals surface area contributed by atoms with E-state index in [1.165, 1.54) is 0 Å². The molecule has 2 rings (SSSR count). The number of benzene rings is 1. The molecule has 1 atom stereocenters. The van der Waals surface area contributed by atoms with Crippen LogP contribution in [-0.2, 0) is 0 Å². The highest BCUT2D eigenvalue weighted by Crippen LogP contribution is 2.28. The Morgan fingerprint density at radius 3 is 2.42 bits per heavy atom. The molecule has 1 aromatic heterocycles. The second-order valence-corrected chi connectivity index (χ2v) is 4.69. The van der Waals surface area contributed by atoms with Crippen LogP contribution >= 0.6 is 0 Å². The summed E-state index contributed by atoms with van der Waals surface area (Å²) in [6.45, 7) is 6.53. The van der Waals surface area contributed by atoms with E-state index >= 15 is 0 Å². The van der Waals surface area contributed by atoms with Crippen molar-refractivity contribution in [2.24, 2.45) is 0 Å². The van der Waals surface area contributed by atoms with Gasteiger partial charge in [-0.15, -0.1) is 0 Å². The molecule has 0 aliphatic carbocycles. The van der Waals surface area contributed by atoms with Crippen molar-refractivity contribution < 1.29 is 14.3 Å². The van der Waals surface area contributed by atoms with Gasteiger partial charge in [-0.2, -0.15) is 0 Å². The number of aliphatic hydroxyl groups is 1. The second kappa shape index (κ2) is 5.93. The summed E-state index contributed by atoms with van der Waals surface area (Å²) in [7, 11) is 0. The summed E-state index contributed by atoms with van der Waals surface area (Å²) in [5.74, 6) is 2.41. The minimum absolute atomic E-state index is 0.655. The predicted molar refractivity (Wildman–Crippen MR) is 74.5 cm³/mol. The zero-order chi connectivity index (χ0) is 13.8. The molecule has 0 saturated carbocycles. The van der Waals surface area contributed by atoms with E-state index in [0.717, 1.165) is 34.8 Å². The number of hydrogen-bond acceptors (Lipinski definition) is 3. The molecule has 2 aromatic rings. The minimum atomic E-state index is -0.655. The molecule has 0 amide bonds. The molecular formula is C16H20O3. The molecule has 1 unspecified atom stereocenters. The van der Waals surface area contributed by atoms with Gasteiger partial charge in [0.2, 0.25) is 0 Å². The quantitative estimate of drug-likeness (QED) is 0.890. The number of furan rings is 1. The van der Waals surface area contributed by atoms with Gasteiger partial charge in [0.05, 0.1) is 6.61 Å². The first-order chi connectivity index (χ1) is 9.11. The van der Waals surface area contributed by atoms with Crippen LogP contribution in [0.5, 0.6) is 5.75 Å². The molecule has 0 aliphatic heterocycles. The lowest BCUT2D eigenvalue weighted by atomic mass is 10.0. The molecule has 3 heteroatoms. The summed E-state index contributed by atoms with van der Waals surface area (Å²) >= 11 is 0. The van der Waals surface area contributed by atoms with E-state index in [2.05, 4.69) is 6.92 Å². The first kappa shape index (κ1) is 13.7. The van der Waals surface area contributed by atoms with E-state index in [4.69, 9.17) is 9.15 Å². The van der Waals surface area contributed by atoms with Crippen LogP contribution in [0.2, 0.25) is 0 Å². The summed E-state index contributed by atoms with van der Waals surface area (Å²) < 4.78 is 11.0. The van der Waals surface area contributed by atoms with E-state index in [9.17, 15) is 5.11 Å². The van der Waals surface area contributed by atoms with Crippen LogP contribution in [0.3, 0.4) is 0 Å². The maximum absolute atomic E-state index is 10.4. The van der Waals surface area contributed by atoms with E-state index in [0.29, 0.717) is 6.61 Å². The van der Waals surface area contributed by atoms with Crippen molar-refractivity contribution >= 4 is 0 Å². The third-order valence-corrected chi connectivity index (χ3v) is 3.04. The smallest absolute Gasteiger partial charge is 0.119 e. The summed E-state index contributed by atoms with van der Waals surface area (Å²) in [4.78, 5) is 0. The Morgan fingerprint density at radius 1 is 1.21 bits per heavy atom. The van der Waals surface area contributed by atoms with Crippen LogP contribution < -0.4 is 4.74 Å². The fourth-order valence-electron chi connectivity index (χ4n) is 2.07. The lowest BCUT2D eigenvalue weighted by Gasteiger charge is -2.11. The van der Waals surface area contributed by atoms with Crippen molar-refractivity contribution in [2.45, 2.75) is 33.3 Å². The fourth-order valence-corrected chi connectivity index (χ4v) is 2.07. The Labute approximate surface area is 113 Å². The number of ether oxygens (including phenoxy) is 1. The summed E-state index contributed by atoms with van der Waals surface area (Å²) in [5.41, 5.74) is 1.66. The molecule has 0 aliphatic rings. The molecule has 1 aromatic carbocycles. The number of aliphatic hydroxyl groups excluding tert-OH is 1. The van der Waals surface area contributed by atoms with Gasteiger partial charge in [-0.05, 0) is 44.0 Å². The zero-order valence-electron chi connectivity index (χ0n) is 11.6. The Morgan fingerprint density at radius 2 is 1.89 bits per heavy atom. The van der Waals surface area contributed by atoms with Crippen molar-refractivity contribution in [1.82, 2.24) is 0 Å². The molecule has 3 nitrogen and oxygen atoms in total. The fraction of sp³-hybridized carbons (Fsp3) is 0.375. The van der Waals surface area contributed by atoms with Gasteiger partial charge in [0, 0.05) is 5.56 Å². The molecule has 102 valence electrons. The van der Waals surface area contributed by atoms with E-state index in [1.807, 2.05) is 44.2 Å². The van der Waals surface area contributed by atoms with Crippen molar-refractivity contribution in [3.8, 4) is 5.75 Å². The lowest BCUT2D eigenvalue weighted by molar-refractivity contribution is 0.217. The highest BCUT2D eigenvalue weighted by atomic mass is 16.5. The maximum Gasteiger partial charge on any atom is 0.119 e. The van der Waals surface area contributed by atoms with Gasteiger partial charge in [-0.1, -0.05) is 19.1 Å². The van der Waals surface area contributed by atoms with Crippen LogP contribution in [0.4, 0.5) is 0 Å². The van der Waals surface area contributed by atoms with Crippen molar-refractivity contribution in [2.75, 3.05) is 6.61 Å². The Bertz CT molecular complexity index is 525. The van der Waals surface area contributed by atoms with Crippen LogP contribution in [0.15, 0.2) is 34.7 Å². The highest BCUT2D eigenvalue weighted by molar-refractivity contribution is 5.35. The van der Waals surface area contributed by atoms with Gasteiger partial charge >= 0.3 is 0 Å². The van der Waals surface area contributed by atoms with Crippen LogP contribution in [-0.4, -0.2) is 11.7 Å². The molecule has 0 fully saturated rings. The lowest BCUT2D eigenvalue weighted by Crippen LogP contribution is -2.00. The Hall–Kier alpha value is -1.74. The highest BCUT2D eigenvalue weighted by Gasteiger charge is 2.16. The minimum Gasteiger partial charge on any atom is -0.494 e. The van der Waals surface area contributed by atoms with Crippen LogP contribution in [0.25, 0.3) is 0 Å². The monoisotopic (exact) mass is 260 g/mol. The van der Waals surface area contributed by atoms with Crippen molar-refractivity contribution in [1.29, 1.82) is 0 Å². The molecule has 0 radical (unpaired) electrons. The van der Waals surface area contributed by atoms with Crippen molar-refractivity contribution in [3.05, 3.63) is 53.0 Å². The van der Waals surface area contributed by atoms with Gasteiger partial charge in [-0.25, -0.2) is 0 Å². The van der Waals surface area contributed by atoms with E-state index in [-0.39, 0.29) is 0 Å². The summed E-state index contributed by atoms with van der Waals surface area (Å²) in [5, 5.41) is 10.4. The third-order valence-electron chi connectivity index (χ3n) is 3.04. The third kappa shape index (κ3) is 3.18. The average molecular weight is 260 g/mol. The first-order valence-electron chi connectivity index (χ1n) is 6.59. The second-order valence-electron chi connectivity index (χ2n) is 4.69. The normalized spacial score (nSPS) is 12.4. The largest absolute Gasteiger partial charge is 0.494 e. The van der Waals surface area contributed by atoms with E-state index < -0.39 is 6.10 Å². The molecule has 0 spiro atoms. The van der Waals surface area contributed by atoms with E-state index in [1.54, 1.807) is 0 Å². The Balaban J connectivity index is 2.15. The van der Waals surface area contributed by atoms with Gasteiger partial charge < -0.3 is 14.3 Å². The van der Waals surface area contributed by atoms with Crippen molar-refractivity contribution in [3.63, 3.8) is 0 Å². The van der Waals surface area contributed by atoms with Gasteiger partial charge in [0.15, 0.2) is 0 Å². The number of rotatable bonds is 5. The predicted octanol–water partition coefficient (Wildman–Crippen LogP) is 3.77. The molecule has 19 heavy (non-hydrogen) atoms. The molecule has 0 saturated heterocycles. The molecular weight excluding hydrogens is 240 g/mol. The number of hydrogen-bond donors (Lipinski definition) is 1. The van der Waals surface area contributed by atoms with Gasteiger partial charge in [0.1, 0.15) is 23.4 Å². The average Bonchev–Trinajstić information content (AvgIpc) is 2.75. The molecule has 0 bridgehead atoms. The summed E-state index contributed by atoms with van der Waals surface area (Å²) in [6.07, 6.45) is 0.329. The standard InChI is InChI=1S/C16H20O3/c1-4-9-18-14-7-5-13(6-8-14)16(17)15-10-11(2)19-12(15)3/h5-8,10,16-17H,4,9H2,1-3H3. The SMILES string of the molecule is CCCOc1ccc(C(O)c2cc(C)oc2C)cc1. The Kier molecular flexibility index (Phi) is 4.27. The van der Waals surface area contributed by atoms with Gasteiger partial charge in [0.25, 0.3) is 0 Å². The molecule has 1 heterocycles. The molecule has 1 N–H and O–H groups in total. The maximum atomic E-state index is 10.4. The number of aryl methyl sites for hydroxylation is 2. The first-order valence-corrected chi connectivity index (χ1v) is 6.59. The summed E-state index contributed by atoms with van der Waals surface area (Å²) in [6, 6.07) is 9.42.